The minimum absolute atomic E-state index is 0.00437. The van der Waals surface area contributed by atoms with Gasteiger partial charge in [0.25, 0.3) is 0 Å². The minimum atomic E-state index is -0.00437. The second-order valence-electron chi connectivity index (χ2n) is 8.00. The number of benzene rings is 3. The van der Waals surface area contributed by atoms with Gasteiger partial charge in [0.1, 0.15) is 5.82 Å². The Labute approximate surface area is 186 Å². The predicted molar refractivity (Wildman–Crippen MR) is 128 cm³/mol. The summed E-state index contributed by atoms with van der Waals surface area (Å²) >= 11 is 0. The van der Waals surface area contributed by atoms with Gasteiger partial charge >= 0.3 is 0 Å². The van der Waals surface area contributed by atoms with Crippen LogP contribution in [0.4, 0.5) is 5.69 Å². The molecular weight excluding hydrogens is 398 g/mol. The summed E-state index contributed by atoms with van der Waals surface area (Å²) < 4.78 is 4.17. The average Bonchev–Trinajstić information content (AvgIpc) is 3.37. The second kappa shape index (κ2) is 8.67. The van der Waals surface area contributed by atoms with Crippen molar-refractivity contribution in [3.63, 3.8) is 0 Å². The van der Waals surface area contributed by atoms with Gasteiger partial charge in [-0.2, -0.15) is 0 Å². The number of fused-ring (bicyclic) bond motifs is 2. The fourth-order valence-electron chi connectivity index (χ4n) is 4.11. The number of anilines is 1. The maximum Gasteiger partial charge on any atom is 0.226 e. The fourth-order valence-corrected chi connectivity index (χ4v) is 4.11. The number of amides is 1. The second-order valence-corrected chi connectivity index (χ2v) is 8.00. The third-order valence-corrected chi connectivity index (χ3v) is 5.83. The molecule has 0 unspecified atom stereocenters. The quantitative estimate of drug-likeness (QED) is 0.411. The summed E-state index contributed by atoms with van der Waals surface area (Å²) in [5.74, 6) is 1.06. The highest BCUT2D eigenvalue weighted by molar-refractivity contribution is 5.90. The summed E-state index contributed by atoms with van der Waals surface area (Å²) in [4.78, 5) is 21.7. The first kappa shape index (κ1) is 20.0. The van der Waals surface area contributed by atoms with Crippen molar-refractivity contribution in [2.45, 2.75) is 25.8 Å². The minimum Gasteiger partial charge on any atom is -0.331 e. The van der Waals surface area contributed by atoms with Gasteiger partial charge < -0.3 is 14.5 Å². The molecule has 0 saturated heterocycles. The van der Waals surface area contributed by atoms with Gasteiger partial charge in [-0.1, -0.05) is 36.4 Å². The Morgan fingerprint density at radius 3 is 2.53 bits per heavy atom. The van der Waals surface area contributed by atoms with Gasteiger partial charge in [-0.05, 0) is 48.4 Å². The number of hydrogen-bond donors (Lipinski definition) is 1. The maximum absolute atomic E-state index is 12.5. The normalized spacial score (nSPS) is 11.3. The number of carbonyl (C=O) groups is 1. The number of nitrogens with one attached hydrogen (secondary N) is 1. The number of para-hydroxylation sites is 4. The van der Waals surface area contributed by atoms with Crippen molar-refractivity contribution in [3.05, 3.63) is 90.5 Å². The number of rotatable bonds is 7. The molecule has 2 aromatic heterocycles. The summed E-state index contributed by atoms with van der Waals surface area (Å²) in [6.45, 7) is 0.596. The van der Waals surface area contributed by atoms with Crippen LogP contribution >= 0.6 is 0 Å². The van der Waals surface area contributed by atoms with Gasteiger partial charge in [-0.25, -0.2) is 9.97 Å². The van der Waals surface area contributed by atoms with Crippen molar-refractivity contribution in [2.24, 2.45) is 7.05 Å². The van der Waals surface area contributed by atoms with Crippen LogP contribution in [-0.2, 0) is 31.2 Å². The number of nitrogens with zero attached hydrogens (tertiary/aromatic N) is 4. The lowest BCUT2D eigenvalue weighted by Gasteiger charge is -2.09. The van der Waals surface area contributed by atoms with Crippen LogP contribution in [0.2, 0.25) is 0 Å². The number of imidazole rings is 2. The molecule has 0 radical (unpaired) electrons. The first-order valence-corrected chi connectivity index (χ1v) is 10.9. The Hall–Kier alpha value is -3.93. The zero-order valence-electron chi connectivity index (χ0n) is 18.0. The third-order valence-electron chi connectivity index (χ3n) is 5.83. The van der Waals surface area contributed by atoms with Crippen molar-refractivity contribution in [1.82, 2.24) is 19.1 Å². The molecular formula is C26H25N5O. The molecule has 3 aromatic carbocycles. The van der Waals surface area contributed by atoms with E-state index in [0.717, 1.165) is 46.4 Å². The van der Waals surface area contributed by atoms with Gasteiger partial charge in [-0.3, -0.25) is 4.79 Å². The Kier molecular flexibility index (Phi) is 5.42. The fraction of sp³-hybridized carbons (Fsp3) is 0.192. The molecule has 1 amide bonds. The van der Waals surface area contributed by atoms with Gasteiger partial charge in [0.2, 0.25) is 5.91 Å². The number of aryl methyl sites for hydroxylation is 4. The molecule has 0 saturated carbocycles. The molecule has 32 heavy (non-hydrogen) atoms. The zero-order valence-corrected chi connectivity index (χ0v) is 18.0. The van der Waals surface area contributed by atoms with Crippen LogP contribution < -0.4 is 5.32 Å². The number of aromatic nitrogens is 4. The molecule has 5 rings (SSSR count). The molecule has 0 aliphatic heterocycles. The number of hydrogen-bond acceptors (Lipinski definition) is 3. The van der Waals surface area contributed by atoms with Crippen molar-refractivity contribution in [1.29, 1.82) is 0 Å². The molecule has 5 aromatic rings. The molecule has 0 aliphatic rings. The Morgan fingerprint density at radius 1 is 0.906 bits per heavy atom. The van der Waals surface area contributed by atoms with E-state index in [1.54, 1.807) is 6.33 Å². The molecule has 0 aliphatic carbocycles. The molecule has 160 valence electrons. The van der Waals surface area contributed by atoms with E-state index in [9.17, 15) is 4.79 Å². The van der Waals surface area contributed by atoms with E-state index in [2.05, 4.69) is 34.0 Å². The van der Waals surface area contributed by atoms with Crippen LogP contribution in [0.5, 0.6) is 0 Å². The summed E-state index contributed by atoms with van der Waals surface area (Å²) in [5.41, 5.74) is 6.17. The topological polar surface area (TPSA) is 64.7 Å². The monoisotopic (exact) mass is 423 g/mol. The zero-order chi connectivity index (χ0) is 21.9. The summed E-state index contributed by atoms with van der Waals surface area (Å²) in [5, 5.41) is 3.03. The van der Waals surface area contributed by atoms with Crippen LogP contribution in [0.25, 0.3) is 22.1 Å². The largest absolute Gasteiger partial charge is 0.331 e. The predicted octanol–water partition coefficient (Wildman–Crippen LogP) is 4.74. The Balaban J connectivity index is 1.20. The lowest BCUT2D eigenvalue weighted by atomic mass is 10.1. The Morgan fingerprint density at radius 2 is 1.69 bits per heavy atom. The van der Waals surface area contributed by atoms with E-state index >= 15 is 0 Å². The average molecular weight is 424 g/mol. The van der Waals surface area contributed by atoms with E-state index in [4.69, 9.17) is 4.98 Å². The molecule has 6 heteroatoms. The van der Waals surface area contributed by atoms with E-state index in [0.29, 0.717) is 13.0 Å². The van der Waals surface area contributed by atoms with E-state index in [1.165, 1.54) is 5.56 Å². The van der Waals surface area contributed by atoms with Crippen molar-refractivity contribution in [3.8, 4) is 0 Å². The van der Waals surface area contributed by atoms with Gasteiger partial charge in [0.05, 0.1) is 28.4 Å². The SMILES string of the molecule is Cn1c(CCc2cccc(NC(=O)CCn3cnc4ccccc43)c2)nc2ccccc21. The van der Waals surface area contributed by atoms with Crippen LogP contribution in [0.1, 0.15) is 17.8 Å². The molecule has 1 N–H and O–H groups in total. The standard InChI is InChI=1S/C26H25N5O/c1-30-23-11-4-3-10-22(23)29-25(30)14-13-19-7-6-8-20(17-19)28-26(32)15-16-31-18-27-21-9-2-5-12-24(21)31/h2-12,17-18H,13-16H2,1H3,(H,28,32). The molecule has 0 atom stereocenters. The number of carbonyl (C=O) groups excluding carboxylic acids is 1. The van der Waals surface area contributed by atoms with Gasteiger partial charge in [-0.15, -0.1) is 0 Å². The molecule has 0 spiro atoms. The summed E-state index contributed by atoms with van der Waals surface area (Å²) in [6.07, 6.45) is 3.89. The third kappa shape index (κ3) is 4.12. The molecule has 0 bridgehead atoms. The maximum atomic E-state index is 12.5. The first-order valence-electron chi connectivity index (χ1n) is 10.9. The van der Waals surface area contributed by atoms with Gasteiger partial charge in [0.15, 0.2) is 0 Å². The molecule has 2 heterocycles. The van der Waals surface area contributed by atoms with E-state index in [1.807, 2.05) is 65.2 Å². The van der Waals surface area contributed by atoms with Crippen molar-refractivity contribution in [2.75, 3.05) is 5.32 Å². The van der Waals surface area contributed by atoms with Crippen LogP contribution in [0, 0.1) is 0 Å². The van der Waals surface area contributed by atoms with Crippen LogP contribution in [0.15, 0.2) is 79.1 Å². The lowest BCUT2D eigenvalue weighted by Crippen LogP contribution is -2.14. The first-order chi connectivity index (χ1) is 15.7. The summed E-state index contributed by atoms with van der Waals surface area (Å²) in [7, 11) is 2.06. The molecule has 0 fully saturated rings. The van der Waals surface area contributed by atoms with Crippen LogP contribution in [-0.4, -0.2) is 25.0 Å². The highest BCUT2D eigenvalue weighted by Gasteiger charge is 2.09. The lowest BCUT2D eigenvalue weighted by molar-refractivity contribution is -0.116. The van der Waals surface area contributed by atoms with Gasteiger partial charge in [0, 0.05) is 32.1 Å². The van der Waals surface area contributed by atoms with E-state index in [-0.39, 0.29) is 5.91 Å². The van der Waals surface area contributed by atoms with Crippen LogP contribution in [0.3, 0.4) is 0 Å². The highest BCUT2D eigenvalue weighted by Crippen LogP contribution is 2.18. The molecule has 6 nitrogen and oxygen atoms in total. The summed E-state index contributed by atoms with van der Waals surface area (Å²) in [6, 6.07) is 24.2. The smallest absolute Gasteiger partial charge is 0.226 e. The van der Waals surface area contributed by atoms with Crippen molar-refractivity contribution >= 4 is 33.7 Å². The van der Waals surface area contributed by atoms with E-state index < -0.39 is 0 Å². The van der Waals surface area contributed by atoms with Crippen molar-refractivity contribution < 1.29 is 4.79 Å². The Bertz CT molecular complexity index is 1400. The highest BCUT2D eigenvalue weighted by atomic mass is 16.1.